The summed E-state index contributed by atoms with van der Waals surface area (Å²) in [5, 5.41) is 6.99. The second kappa shape index (κ2) is 7.22. The number of amides is 1. The molecule has 8 heteroatoms. The Labute approximate surface area is 159 Å². The topological polar surface area (TPSA) is 46.9 Å². The Bertz CT molecular complexity index is 873. The van der Waals surface area contributed by atoms with Crippen LogP contribution in [-0.4, -0.2) is 27.9 Å². The summed E-state index contributed by atoms with van der Waals surface area (Å²) < 4.78 is 54.8. The number of hydrogen-bond acceptors (Lipinski definition) is 2. The van der Waals surface area contributed by atoms with E-state index in [1.807, 2.05) is 0 Å². The average Bonchev–Trinajstić information content (AvgIpc) is 3.24. The van der Waals surface area contributed by atoms with E-state index in [0.717, 1.165) is 24.1 Å². The molecule has 2 aliphatic rings. The van der Waals surface area contributed by atoms with Crippen LogP contribution in [0.4, 0.5) is 17.6 Å². The van der Waals surface area contributed by atoms with E-state index in [9.17, 15) is 22.4 Å². The van der Waals surface area contributed by atoms with Crippen molar-refractivity contribution >= 4 is 5.91 Å². The SMILES string of the molecule is O=C(N[C@@H]1CCCC[C@H]1C(F)(F)F)c1nn(-c2ccc(F)cc2)c2c1CCC2. The van der Waals surface area contributed by atoms with E-state index in [4.69, 9.17) is 0 Å². The number of carbonyl (C=O) groups is 1. The van der Waals surface area contributed by atoms with Crippen molar-refractivity contribution in [2.24, 2.45) is 5.92 Å². The van der Waals surface area contributed by atoms with E-state index in [1.54, 1.807) is 16.8 Å². The summed E-state index contributed by atoms with van der Waals surface area (Å²) >= 11 is 0. The van der Waals surface area contributed by atoms with Gasteiger partial charge in [-0.1, -0.05) is 12.8 Å². The minimum Gasteiger partial charge on any atom is -0.347 e. The maximum absolute atomic E-state index is 13.3. The quantitative estimate of drug-likeness (QED) is 0.786. The van der Waals surface area contributed by atoms with Crippen molar-refractivity contribution in [2.45, 2.75) is 57.2 Å². The highest BCUT2D eigenvalue weighted by Gasteiger charge is 2.46. The molecular weight excluding hydrogens is 374 g/mol. The maximum atomic E-state index is 13.3. The first kappa shape index (κ1) is 19.0. The van der Waals surface area contributed by atoms with E-state index >= 15 is 0 Å². The number of aromatic nitrogens is 2. The molecule has 1 heterocycles. The number of nitrogens with one attached hydrogen (secondary N) is 1. The number of nitrogens with zero attached hydrogens (tertiary/aromatic N) is 2. The second-order valence-corrected chi connectivity index (χ2v) is 7.53. The predicted octanol–water partition coefficient (Wildman–Crippen LogP) is 4.35. The van der Waals surface area contributed by atoms with Gasteiger partial charge < -0.3 is 5.32 Å². The smallest absolute Gasteiger partial charge is 0.347 e. The first-order chi connectivity index (χ1) is 13.3. The molecule has 2 aromatic rings. The third kappa shape index (κ3) is 3.52. The van der Waals surface area contributed by atoms with Gasteiger partial charge in [0.15, 0.2) is 5.69 Å². The molecule has 1 aromatic heterocycles. The fourth-order valence-corrected chi connectivity index (χ4v) is 4.35. The molecule has 1 amide bonds. The van der Waals surface area contributed by atoms with Gasteiger partial charge >= 0.3 is 6.18 Å². The summed E-state index contributed by atoms with van der Waals surface area (Å²) in [5.74, 6) is -2.45. The number of fused-ring (bicyclic) bond motifs is 1. The van der Waals surface area contributed by atoms with Gasteiger partial charge in [0, 0.05) is 17.3 Å². The van der Waals surface area contributed by atoms with Crippen molar-refractivity contribution < 1.29 is 22.4 Å². The van der Waals surface area contributed by atoms with Crippen LogP contribution in [0.2, 0.25) is 0 Å². The van der Waals surface area contributed by atoms with Crippen molar-refractivity contribution in [2.75, 3.05) is 0 Å². The van der Waals surface area contributed by atoms with Crippen LogP contribution in [0.15, 0.2) is 24.3 Å². The Morgan fingerprint density at radius 3 is 2.50 bits per heavy atom. The zero-order valence-corrected chi connectivity index (χ0v) is 15.2. The molecule has 0 saturated heterocycles. The van der Waals surface area contributed by atoms with Gasteiger partial charge in [-0.05, 0) is 56.4 Å². The van der Waals surface area contributed by atoms with Crippen molar-refractivity contribution in [1.29, 1.82) is 0 Å². The molecule has 4 rings (SSSR count). The van der Waals surface area contributed by atoms with Crippen LogP contribution in [0.3, 0.4) is 0 Å². The number of hydrogen-bond donors (Lipinski definition) is 1. The molecule has 28 heavy (non-hydrogen) atoms. The summed E-state index contributed by atoms with van der Waals surface area (Å²) in [7, 11) is 0. The van der Waals surface area contributed by atoms with Crippen LogP contribution in [0.5, 0.6) is 0 Å². The van der Waals surface area contributed by atoms with Crippen LogP contribution >= 0.6 is 0 Å². The molecule has 0 radical (unpaired) electrons. The Kier molecular flexibility index (Phi) is 4.89. The van der Waals surface area contributed by atoms with Gasteiger partial charge in [0.2, 0.25) is 0 Å². The van der Waals surface area contributed by atoms with Gasteiger partial charge in [-0.3, -0.25) is 4.79 Å². The summed E-state index contributed by atoms with van der Waals surface area (Å²) in [6, 6.07) is 4.85. The lowest BCUT2D eigenvalue weighted by Crippen LogP contribution is -2.47. The number of carbonyl (C=O) groups excluding carboxylic acids is 1. The molecule has 0 bridgehead atoms. The lowest BCUT2D eigenvalue weighted by Gasteiger charge is -2.33. The van der Waals surface area contributed by atoms with Crippen LogP contribution in [0.25, 0.3) is 5.69 Å². The fraction of sp³-hybridized carbons (Fsp3) is 0.500. The summed E-state index contributed by atoms with van der Waals surface area (Å²) in [5.41, 5.74) is 2.46. The van der Waals surface area contributed by atoms with Crippen molar-refractivity contribution in [1.82, 2.24) is 15.1 Å². The van der Waals surface area contributed by atoms with E-state index < -0.39 is 24.0 Å². The zero-order valence-electron chi connectivity index (χ0n) is 15.2. The standard InChI is InChI=1S/C20H21F4N3O/c21-12-8-10-13(11-9-12)27-17-7-3-4-14(17)18(26-27)19(28)25-16-6-2-1-5-15(16)20(22,23)24/h8-11,15-16H,1-7H2,(H,25,28)/t15-,16-/m1/s1. The molecule has 1 N–H and O–H groups in total. The summed E-state index contributed by atoms with van der Waals surface area (Å²) in [4.78, 5) is 12.8. The zero-order chi connectivity index (χ0) is 19.9. The van der Waals surface area contributed by atoms with E-state index in [0.29, 0.717) is 31.4 Å². The molecule has 1 fully saturated rings. The Morgan fingerprint density at radius 1 is 1.07 bits per heavy atom. The Hall–Kier alpha value is -2.38. The van der Waals surface area contributed by atoms with Crippen molar-refractivity contribution in [3.8, 4) is 5.69 Å². The summed E-state index contributed by atoms with van der Waals surface area (Å²) in [6.07, 6.45) is -0.552. The highest BCUT2D eigenvalue weighted by atomic mass is 19.4. The first-order valence-corrected chi connectivity index (χ1v) is 9.59. The highest BCUT2D eigenvalue weighted by molar-refractivity contribution is 5.94. The van der Waals surface area contributed by atoms with E-state index in [2.05, 4.69) is 10.4 Å². The predicted molar refractivity (Wildman–Crippen MR) is 94.8 cm³/mol. The molecule has 0 spiro atoms. The Morgan fingerprint density at radius 2 is 1.79 bits per heavy atom. The van der Waals surface area contributed by atoms with Gasteiger partial charge in [0.05, 0.1) is 11.6 Å². The minimum absolute atomic E-state index is 0.0383. The molecule has 0 aliphatic heterocycles. The lowest BCUT2D eigenvalue weighted by molar-refractivity contribution is -0.187. The van der Waals surface area contributed by atoms with Gasteiger partial charge in [0.1, 0.15) is 5.82 Å². The lowest BCUT2D eigenvalue weighted by atomic mass is 9.84. The third-order valence-electron chi connectivity index (χ3n) is 5.72. The molecule has 0 unspecified atom stereocenters. The number of alkyl halides is 3. The molecule has 150 valence electrons. The number of rotatable bonds is 3. The van der Waals surface area contributed by atoms with Gasteiger partial charge in [-0.2, -0.15) is 18.3 Å². The maximum Gasteiger partial charge on any atom is 0.393 e. The van der Waals surface area contributed by atoms with Crippen LogP contribution in [0.1, 0.15) is 53.8 Å². The van der Waals surface area contributed by atoms with E-state index in [-0.39, 0.29) is 17.9 Å². The molecule has 2 aliphatic carbocycles. The van der Waals surface area contributed by atoms with Crippen LogP contribution < -0.4 is 5.32 Å². The minimum atomic E-state index is -4.33. The van der Waals surface area contributed by atoms with Gasteiger partial charge in [-0.25, -0.2) is 9.07 Å². The monoisotopic (exact) mass is 395 g/mol. The van der Waals surface area contributed by atoms with Crippen molar-refractivity contribution in [3.63, 3.8) is 0 Å². The first-order valence-electron chi connectivity index (χ1n) is 9.59. The molecular formula is C20H21F4N3O. The highest BCUT2D eigenvalue weighted by Crippen LogP contribution is 2.38. The molecule has 2 atom stereocenters. The van der Waals surface area contributed by atoms with Crippen molar-refractivity contribution in [3.05, 3.63) is 47.0 Å². The number of benzene rings is 1. The molecule has 1 aromatic carbocycles. The molecule has 1 saturated carbocycles. The summed E-state index contributed by atoms with van der Waals surface area (Å²) in [6.45, 7) is 0. The van der Waals surface area contributed by atoms with Gasteiger partial charge in [-0.15, -0.1) is 0 Å². The number of halogens is 4. The normalized spacial score (nSPS) is 22.1. The van der Waals surface area contributed by atoms with E-state index in [1.165, 1.54) is 12.1 Å². The largest absolute Gasteiger partial charge is 0.393 e. The van der Waals surface area contributed by atoms with Crippen LogP contribution in [-0.2, 0) is 12.8 Å². The van der Waals surface area contributed by atoms with Gasteiger partial charge in [0.25, 0.3) is 5.91 Å². The fourth-order valence-electron chi connectivity index (χ4n) is 4.35. The second-order valence-electron chi connectivity index (χ2n) is 7.53. The third-order valence-corrected chi connectivity index (χ3v) is 5.72. The van der Waals surface area contributed by atoms with Crippen LogP contribution in [0, 0.1) is 11.7 Å². The molecule has 4 nitrogen and oxygen atoms in total. The Balaban J connectivity index is 1.61. The average molecular weight is 395 g/mol.